The van der Waals surface area contributed by atoms with E-state index in [1.807, 2.05) is 6.92 Å². The number of fused-ring (bicyclic) bond motifs is 1. The van der Waals surface area contributed by atoms with Gasteiger partial charge in [0.2, 0.25) is 0 Å². The van der Waals surface area contributed by atoms with Crippen molar-refractivity contribution < 1.29 is 14.3 Å². The van der Waals surface area contributed by atoms with Crippen molar-refractivity contribution in [1.29, 1.82) is 0 Å². The maximum absolute atomic E-state index is 11.8. The van der Waals surface area contributed by atoms with E-state index in [0.717, 1.165) is 24.0 Å². The van der Waals surface area contributed by atoms with Crippen molar-refractivity contribution >= 4 is 11.8 Å². The quantitative estimate of drug-likeness (QED) is 0.537. The highest BCUT2D eigenvalue weighted by Gasteiger charge is 2.23. The predicted molar refractivity (Wildman–Crippen MR) is 59.6 cm³/mol. The van der Waals surface area contributed by atoms with E-state index in [-0.39, 0.29) is 17.7 Å². The van der Waals surface area contributed by atoms with Crippen LogP contribution >= 0.6 is 0 Å². The largest absolute Gasteiger partial charge is 0.427 e. The van der Waals surface area contributed by atoms with Gasteiger partial charge in [0.25, 0.3) is 0 Å². The fourth-order valence-corrected chi connectivity index (χ4v) is 2.02. The molecule has 16 heavy (non-hydrogen) atoms. The summed E-state index contributed by atoms with van der Waals surface area (Å²) < 4.78 is 4.99. The minimum Gasteiger partial charge on any atom is -0.427 e. The molecule has 0 aliphatic heterocycles. The second-order valence-electron chi connectivity index (χ2n) is 4.22. The molecular weight excluding hydrogens is 204 g/mol. The zero-order valence-electron chi connectivity index (χ0n) is 9.45. The number of Topliss-reactive ketones (excluding diaryl/α,β-unsaturated/α-hetero) is 1. The second kappa shape index (κ2) is 4.08. The Morgan fingerprint density at radius 1 is 1.44 bits per heavy atom. The van der Waals surface area contributed by atoms with Crippen molar-refractivity contribution in [2.24, 2.45) is 5.92 Å². The van der Waals surface area contributed by atoms with Gasteiger partial charge in [-0.3, -0.25) is 9.59 Å². The first-order valence-corrected chi connectivity index (χ1v) is 5.43. The molecular formula is C13H14O3. The fraction of sp³-hybridized carbons (Fsp3) is 0.385. The van der Waals surface area contributed by atoms with Gasteiger partial charge in [-0.25, -0.2) is 0 Å². The van der Waals surface area contributed by atoms with E-state index in [2.05, 4.69) is 0 Å². The molecule has 3 heteroatoms. The maximum Gasteiger partial charge on any atom is 0.308 e. The molecule has 84 valence electrons. The molecule has 0 aromatic heterocycles. The third-order valence-corrected chi connectivity index (χ3v) is 2.90. The molecule has 0 spiro atoms. The van der Waals surface area contributed by atoms with Crippen LogP contribution in [-0.2, 0) is 11.2 Å². The standard InChI is InChI=1S/C13H14O3/c1-8-3-4-10-7-11(16-9(2)14)5-6-12(10)13(8)15/h5-8H,3-4H2,1-2H3. The number of aryl methyl sites for hydroxylation is 1. The molecule has 0 radical (unpaired) electrons. The molecule has 1 aliphatic carbocycles. The molecule has 1 atom stereocenters. The summed E-state index contributed by atoms with van der Waals surface area (Å²) >= 11 is 0. The number of hydrogen-bond donors (Lipinski definition) is 0. The minimum absolute atomic E-state index is 0.104. The van der Waals surface area contributed by atoms with Crippen LogP contribution in [0.1, 0.15) is 36.2 Å². The molecule has 1 aromatic carbocycles. The van der Waals surface area contributed by atoms with Crippen LogP contribution < -0.4 is 4.74 Å². The van der Waals surface area contributed by atoms with E-state index in [1.165, 1.54) is 6.92 Å². The molecule has 1 unspecified atom stereocenters. The molecule has 0 heterocycles. The van der Waals surface area contributed by atoms with Gasteiger partial charge in [-0.2, -0.15) is 0 Å². The maximum atomic E-state index is 11.8. The van der Waals surface area contributed by atoms with Crippen LogP contribution in [0.25, 0.3) is 0 Å². The number of benzene rings is 1. The van der Waals surface area contributed by atoms with E-state index >= 15 is 0 Å². The molecule has 3 nitrogen and oxygen atoms in total. The van der Waals surface area contributed by atoms with Gasteiger partial charge in [-0.05, 0) is 36.6 Å². The molecule has 1 aromatic rings. The zero-order chi connectivity index (χ0) is 11.7. The van der Waals surface area contributed by atoms with E-state index < -0.39 is 0 Å². The highest BCUT2D eigenvalue weighted by atomic mass is 16.5. The monoisotopic (exact) mass is 218 g/mol. The van der Waals surface area contributed by atoms with Gasteiger partial charge in [-0.1, -0.05) is 6.92 Å². The van der Waals surface area contributed by atoms with Crippen LogP contribution in [0.5, 0.6) is 5.75 Å². The summed E-state index contributed by atoms with van der Waals surface area (Å²) in [5.41, 5.74) is 1.76. The van der Waals surface area contributed by atoms with Gasteiger partial charge in [0.15, 0.2) is 5.78 Å². The molecule has 0 saturated heterocycles. The summed E-state index contributed by atoms with van der Waals surface area (Å²) in [6, 6.07) is 5.22. The van der Waals surface area contributed by atoms with Crippen LogP contribution in [0.2, 0.25) is 0 Å². The summed E-state index contributed by atoms with van der Waals surface area (Å²) in [5, 5.41) is 0. The topological polar surface area (TPSA) is 43.4 Å². The third-order valence-electron chi connectivity index (χ3n) is 2.90. The molecule has 0 N–H and O–H groups in total. The number of ether oxygens (including phenoxy) is 1. The van der Waals surface area contributed by atoms with Crippen LogP contribution in [0.15, 0.2) is 18.2 Å². The first-order chi connectivity index (χ1) is 7.58. The lowest BCUT2D eigenvalue weighted by atomic mass is 9.84. The summed E-state index contributed by atoms with van der Waals surface area (Å²) in [6.07, 6.45) is 1.74. The van der Waals surface area contributed by atoms with Gasteiger partial charge in [0, 0.05) is 18.4 Å². The van der Waals surface area contributed by atoms with Gasteiger partial charge in [0.1, 0.15) is 5.75 Å². The number of carbonyl (C=O) groups excluding carboxylic acids is 2. The second-order valence-corrected chi connectivity index (χ2v) is 4.22. The average Bonchev–Trinajstić information content (AvgIpc) is 2.23. The van der Waals surface area contributed by atoms with E-state index in [4.69, 9.17) is 4.74 Å². The van der Waals surface area contributed by atoms with Crippen molar-refractivity contribution in [3.63, 3.8) is 0 Å². The Labute approximate surface area is 94.4 Å². The van der Waals surface area contributed by atoms with Crippen molar-refractivity contribution in [2.75, 3.05) is 0 Å². The SMILES string of the molecule is CC(=O)Oc1ccc2c(c1)CCC(C)C2=O. The van der Waals surface area contributed by atoms with Gasteiger partial charge in [-0.15, -0.1) is 0 Å². The summed E-state index contributed by atoms with van der Waals surface area (Å²) in [4.78, 5) is 22.7. The first-order valence-electron chi connectivity index (χ1n) is 5.43. The van der Waals surface area contributed by atoms with E-state index in [0.29, 0.717) is 5.75 Å². The summed E-state index contributed by atoms with van der Waals surface area (Å²) in [5.74, 6) is 0.478. The van der Waals surface area contributed by atoms with Crippen molar-refractivity contribution in [2.45, 2.75) is 26.7 Å². The third kappa shape index (κ3) is 1.98. The van der Waals surface area contributed by atoms with E-state index in [9.17, 15) is 9.59 Å². The van der Waals surface area contributed by atoms with Crippen molar-refractivity contribution in [3.8, 4) is 5.75 Å². The molecule has 0 fully saturated rings. The molecule has 0 amide bonds. The van der Waals surface area contributed by atoms with Crippen LogP contribution in [0.3, 0.4) is 0 Å². The average molecular weight is 218 g/mol. The Hall–Kier alpha value is -1.64. The zero-order valence-corrected chi connectivity index (χ0v) is 9.45. The Morgan fingerprint density at radius 2 is 2.19 bits per heavy atom. The minimum atomic E-state index is -0.338. The van der Waals surface area contributed by atoms with E-state index in [1.54, 1.807) is 18.2 Å². The number of ketones is 1. The number of esters is 1. The van der Waals surface area contributed by atoms with Crippen molar-refractivity contribution in [1.82, 2.24) is 0 Å². The van der Waals surface area contributed by atoms with Crippen molar-refractivity contribution in [3.05, 3.63) is 29.3 Å². The highest BCUT2D eigenvalue weighted by molar-refractivity contribution is 6.00. The lowest BCUT2D eigenvalue weighted by Gasteiger charge is -2.20. The highest BCUT2D eigenvalue weighted by Crippen LogP contribution is 2.28. The van der Waals surface area contributed by atoms with Crippen LogP contribution in [0, 0.1) is 5.92 Å². The fourth-order valence-electron chi connectivity index (χ4n) is 2.02. The smallest absolute Gasteiger partial charge is 0.308 e. The summed E-state index contributed by atoms with van der Waals surface area (Å²) in [7, 11) is 0. The lowest BCUT2D eigenvalue weighted by molar-refractivity contribution is -0.131. The van der Waals surface area contributed by atoms with Crippen LogP contribution in [-0.4, -0.2) is 11.8 Å². The predicted octanol–water partition coefficient (Wildman–Crippen LogP) is 2.38. The molecule has 0 bridgehead atoms. The number of rotatable bonds is 1. The number of hydrogen-bond acceptors (Lipinski definition) is 3. The summed E-state index contributed by atoms with van der Waals surface area (Å²) in [6.45, 7) is 3.32. The Morgan fingerprint density at radius 3 is 2.88 bits per heavy atom. The number of carbonyl (C=O) groups is 2. The van der Waals surface area contributed by atoms with Gasteiger partial charge in [0.05, 0.1) is 0 Å². The Bertz CT molecular complexity index is 448. The Kier molecular flexibility index (Phi) is 2.77. The first kappa shape index (κ1) is 10.9. The van der Waals surface area contributed by atoms with Gasteiger partial charge < -0.3 is 4.74 Å². The van der Waals surface area contributed by atoms with Crippen LogP contribution in [0.4, 0.5) is 0 Å². The normalized spacial score (nSPS) is 19.1. The molecule has 1 aliphatic rings. The molecule has 2 rings (SSSR count). The molecule has 0 saturated carbocycles. The van der Waals surface area contributed by atoms with Gasteiger partial charge >= 0.3 is 5.97 Å². The Balaban J connectivity index is 2.33. The lowest BCUT2D eigenvalue weighted by Crippen LogP contribution is -2.20.